The third kappa shape index (κ3) is 3.49. The molecule has 1 aromatic carbocycles. The third-order valence-corrected chi connectivity index (χ3v) is 7.05. The number of nitrogens with one attached hydrogen (secondary N) is 1. The van der Waals surface area contributed by atoms with E-state index >= 15 is 0 Å². The van der Waals surface area contributed by atoms with Crippen molar-refractivity contribution in [1.29, 1.82) is 0 Å². The molecular weight excluding hydrogens is 338 g/mol. The van der Waals surface area contributed by atoms with Crippen molar-refractivity contribution >= 4 is 17.5 Å². The van der Waals surface area contributed by atoms with Gasteiger partial charge in [-0.25, -0.2) is 0 Å². The second-order valence-corrected chi connectivity index (χ2v) is 8.84. The van der Waals surface area contributed by atoms with E-state index in [2.05, 4.69) is 18.3 Å². The Hall–Kier alpha value is -1.88. The van der Waals surface area contributed by atoms with Gasteiger partial charge in [0.2, 0.25) is 11.8 Å². The number of fused-ring (bicyclic) bond motifs is 2. The molecule has 4 rings (SSSR count). The maximum atomic E-state index is 13.0. The van der Waals surface area contributed by atoms with Crippen LogP contribution in [0.3, 0.4) is 0 Å². The number of rotatable bonds is 3. The Balaban J connectivity index is 1.44. The lowest BCUT2D eigenvalue weighted by atomic mass is 9.67. The molecule has 3 aliphatic rings. The molecule has 3 fully saturated rings. The SMILES string of the molecule is Cc1cccc(N2CC(C(=O)NC3C4CCCC3CC(N)C4)CC2=O)c1C. The lowest BCUT2D eigenvalue weighted by Gasteiger charge is -2.45. The van der Waals surface area contributed by atoms with Crippen LogP contribution in [-0.2, 0) is 9.59 Å². The zero-order chi connectivity index (χ0) is 19.1. The first kappa shape index (κ1) is 18.5. The minimum Gasteiger partial charge on any atom is -0.353 e. The summed E-state index contributed by atoms with van der Waals surface area (Å²) in [6.45, 7) is 4.57. The van der Waals surface area contributed by atoms with E-state index in [0.717, 1.165) is 36.9 Å². The smallest absolute Gasteiger partial charge is 0.227 e. The minimum absolute atomic E-state index is 0.0496. The van der Waals surface area contributed by atoms with Crippen molar-refractivity contribution in [1.82, 2.24) is 5.32 Å². The molecule has 0 spiro atoms. The first-order chi connectivity index (χ1) is 12.9. The summed E-state index contributed by atoms with van der Waals surface area (Å²) in [5, 5.41) is 3.33. The van der Waals surface area contributed by atoms with E-state index in [-0.39, 0.29) is 29.8 Å². The Bertz CT molecular complexity index is 733. The molecule has 5 heteroatoms. The second kappa shape index (κ2) is 7.27. The van der Waals surface area contributed by atoms with Gasteiger partial charge in [-0.05, 0) is 68.6 Å². The fourth-order valence-corrected chi connectivity index (χ4v) is 5.45. The van der Waals surface area contributed by atoms with Crippen LogP contribution in [0.5, 0.6) is 0 Å². The van der Waals surface area contributed by atoms with Crippen LogP contribution in [0.1, 0.15) is 49.7 Å². The van der Waals surface area contributed by atoms with Crippen molar-refractivity contribution in [2.45, 2.75) is 64.5 Å². The van der Waals surface area contributed by atoms with E-state index in [1.165, 1.54) is 12.0 Å². The van der Waals surface area contributed by atoms with Crippen LogP contribution in [0, 0.1) is 31.6 Å². The maximum Gasteiger partial charge on any atom is 0.227 e. The number of aryl methyl sites for hydroxylation is 1. The molecule has 27 heavy (non-hydrogen) atoms. The largest absolute Gasteiger partial charge is 0.353 e. The Kier molecular flexibility index (Phi) is 4.97. The van der Waals surface area contributed by atoms with Gasteiger partial charge >= 0.3 is 0 Å². The summed E-state index contributed by atoms with van der Waals surface area (Å²) in [4.78, 5) is 27.4. The summed E-state index contributed by atoms with van der Waals surface area (Å²) in [6, 6.07) is 6.53. The highest BCUT2D eigenvalue weighted by atomic mass is 16.2. The number of benzene rings is 1. The van der Waals surface area contributed by atoms with E-state index in [9.17, 15) is 9.59 Å². The summed E-state index contributed by atoms with van der Waals surface area (Å²) in [5.41, 5.74) is 9.42. The van der Waals surface area contributed by atoms with E-state index in [1.807, 2.05) is 19.1 Å². The Labute approximate surface area is 161 Å². The predicted molar refractivity (Wildman–Crippen MR) is 106 cm³/mol. The summed E-state index contributed by atoms with van der Waals surface area (Å²) >= 11 is 0. The number of carbonyl (C=O) groups excluding carboxylic acids is 2. The van der Waals surface area contributed by atoms with Crippen molar-refractivity contribution < 1.29 is 9.59 Å². The molecule has 1 aromatic rings. The normalized spacial score (nSPS) is 33.2. The van der Waals surface area contributed by atoms with Crippen LogP contribution in [0.25, 0.3) is 0 Å². The molecule has 1 heterocycles. The number of nitrogens with two attached hydrogens (primary N) is 1. The standard InChI is InChI=1S/C22H31N3O2/c1-13-5-3-8-19(14(13)2)25-12-17(11-20(25)26)22(27)24-21-15-6-4-7-16(21)10-18(23)9-15/h3,5,8,15-18,21H,4,6-7,9-12,23H2,1-2H3,(H,24,27). The number of nitrogens with zero attached hydrogens (tertiary/aromatic N) is 1. The molecule has 5 nitrogen and oxygen atoms in total. The fraction of sp³-hybridized carbons (Fsp3) is 0.636. The third-order valence-electron chi connectivity index (χ3n) is 7.05. The van der Waals surface area contributed by atoms with Gasteiger partial charge in [0.1, 0.15) is 0 Å². The zero-order valence-electron chi connectivity index (χ0n) is 16.4. The van der Waals surface area contributed by atoms with Gasteiger partial charge in [-0.1, -0.05) is 18.6 Å². The molecule has 146 valence electrons. The van der Waals surface area contributed by atoms with Crippen molar-refractivity contribution in [3.8, 4) is 0 Å². The van der Waals surface area contributed by atoms with Gasteiger partial charge in [0.05, 0.1) is 5.92 Å². The first-order valence-electron chi connectivity index (χ1n) is 10.4. The Morgan fingerprint density at radius 3 is 2.59 bits per heavy atom. The van der Waals surface area contributed by atoms with Gasteiger partial charge in [-0.2, -0.15) is 0 Å². The molecule has 2 aliphatic carbocycles. The topological polar surface area (TPSA) is 75.4 Å². The van der Waals surface area contributed by atoms with E-state index < -0.39 is 0 Å². The molecule has 3 N–H and O–H groups in total. The molecule has 2 amide bonds. The highest BCUT2D eigenvalue weighted by molar-refractivity contribution is 6.01. The second-order valence-electron chi connectivity index (χ2n) is 8.84. The van der Waals surface area contributed by atoms with Crippen molar-refractivity contribution in [2.75, 3.05) is 11.4 Å². The summed E-state index contributed by atoms with van der Waals surface area (Å²) < 4.78 is 0. The predicted octanol–water partition coefficient (Wildman–Crippen LogP) is 2.68. The van der Waals surface area contributed by atoms with E-state index in [1.54, 1.807) is 4.90 Å². The molecule has 3 atom stereocenters. The summed E-state index contributed by atoms with van der Waals surface area (Å²) in [6.07, 6.45) is 5.90. The van der Waals surface area contributed by atoms with Gasteiger partial charge in [0.25, 0.3) is 0 Å². The Morgan fingerprint density at radius 2 is 1.89 bits per heavy atom. The minimum atomic E-state index is -0.256. The van der Waals surface area contributed by atoms with E-state index in [0.29, 0.717) is 24.8 Å². The zero-order valence-corrected chi connectivity index (χ0v) is 16.4. The van der Waals surface area contributed by atoms with Gasteiger partial charge in [0.15, 0.2) is 0 Å². The van der Waals surface area contributed by atoms with Crippen LogP contribution < -0.4 is 16.0 Å². The first-order valence-corrected chi connectivity index (χ1v) is 10.4. The average Bonchev–Trinajstić information content (AvgIpc) is 3.00. The van der Waals surface area contributed by atoms with Crippen molar-refractivity contribution in [3.05, 3.63) is 29.3 Å². The van der Waals surface area contributed by atoms with Gasteiger partial charge < -0.3 is 16.0 Å². The highest BCUT2D eigenvalue weighted by Crippen LogP contribution is 2.40. The van der Waals surface area contributed by atoms with Crippen LogP contribution in [0.4, 0.5) is 5.69 Å². The van der Waals surface area contributed by atoms with E-state index in [4.69, 9.17) is 5.73 Å². The van der Waals surface area contributed by atoms with Crippen LogP contribution in [-0.4, -0.2) is 30.4 Å². The van der Waals surface area contributed by atoms with Crippen molar-refractivity contribution in [2.24, 2.45) is 23.5 Å². The molecule has 3 unspecified atom stereocenters. The molecular formula is C22H31N3O2. The number of anilines is 1. The summed E-state index contributed by atoms with van der Waals surface area (Å²) in [5.74, 6) is 0.851. The van der Waals surface area contributed by atoms with Crippen molar-refractivity contribution in [3.63, 3.8) is 0 Å². The highest BCUT2D eigenvalue weighted by Gasteiger charge is 2.42. The lowest BCUT2D eigenvalue weighted by molar-refractivity contribution is -0.128. The van der Waals surface area contributed by atoms with Crippen LogP contribution in [0.2, 0.25) is 0 Å². The van der Waals surface area contributed by atoms with Gasteiger partial charge in [-0.15, -0.1) is 0 Å². The molecule has 2 saturated carbocycles. The Morgan fingerprint density at radius 1 is 1.19 bits per heavy atom. The molecule has 0 radical (unpaired) electrons. The molecule has 0 aromatic heterocycles. The van der Waals surface area contributed by atoms with Crippen LogP contribution >= 0.6 is 0 Å². The maximum absolute atomic E-state index is 13.0. The van der Waals surface area contributed by atoms with Gasteiger partial charge in [0, 0.05) is 30.7 Å². The molecule has 1 aliphatic heterocycles. The summed E-state index contributed by atoms with van der Waals surface area (Å²) in [7, 11) is 0. The molecule has 1 saturated heterocycles. The quantitative estimate of drug-likeness (QED) is 0.860. The number of carbonyl (C=O) groups is 2. The van der Waals surface area contributed by atoms with Crippen LogP contribution in [0.15, 0.2) is 18.2 Å². The molecule has 2 bridgehead atoms. The number of hydrogen-bond donors (Lipinski definition) is 2. The van der Waals surface area contributed by atoms with Gasteiger partial charge in [-0.3, -0.25) is 9.59 Å². The monoisotopic (exact) mass is 369 g/mol. The lowest BCUT2D eigenvalue weighted by Crippen LogP contribution is -2.54. The average molecular weight is 370 g/mol. The number of hydrogen-bond acceptors (Lipinski definition) is 3. The number of amides is 2. The fourth-order valence-electron chi connectivity index (χ4n) is 5.45.